The second-order valence-corrected chi connectivity index (χ2v) is 4.54. The average molecular weight is 246 g/mol. The normalized spacial score (nSPS) is 14.4. The monoisotopic (exact) mass is 245 g/mol. The molecule has 2 heterocycles. The van der Waals surface area contributed by atoms with Gasteiger partial charge >= 0.3 is 0 Å². The highest BCUT2D eigenvalue weighted by atomic mass is 35.5. The molecule has 0 spiro atoms. The standard InChI is InChI=1S/C13H12ClN3/c14-11-3-1-9(2-4-11)13-16-7-10-5-6-15-8-12(10)17-13/h1-4,7,15H,5-6,8H2. The van der Waals surface area contributed by atoms with Crippen molar-refractivity contribution < 1.29 is 0 Å². The second-order valence-electron chi connectivity index (χ2n) is 4.10. The van der Waals surface area contributed by atoms with Crippen LogP contribution in [0.4, 0.5) is 0 Å². The van der Waals surface area contributed by atoms with Crippen molar-refractivity contribution in [3.05, 3.63) is 46.7 Å². The van der Waals surface area contributed by atoms with Crippen LogP contribution in [0, 0.1) is 0 Å². The molecule has 0 saturated carbocycles. The van der Waals surface area contributed by atoms with Crippen molar-refractivity contribution in [2.75, 3.05) is 6.54 Å². The zero-order valence-corrected chi connectivity index (χ0v) is 10.0. The molecule has 1 aromatic carbocycles. The third-order valence-corrected chi connectivity index (χ3v) is 3.17. The molecular weight excluding hydrogens is 234 g/mol. The molecule has 0 amide bonds. The lowest BCUT2D eigenvalue weighted by Gasteiger charge is -2.16. The van der Waals surface area contributed by atoms with Crippen molar-refractivity contribution in [3.8, 4) is 11.4 Å². The van der Waals surface area contributed by atoms with E-state index in [1.165, 1.54) is 5.56 Å². The summed E-state index contributed by atoms with van der Waals surface area (Å²) >= 11 is 5.86. The van der Waals surface area contributed by atoms with Gasteiger partial charge in [0.25, 0.3) is 0 Å². The van der Waals surface area contributed by atoms with Crippen molar-refractivity contribution in [3.63, 3.8) is 0 Å². The Morgan fingerprint density at radius 2 is 2.00 bits per heavy atom. The Morgan fingerprint density at radius 1 is 1.18 bits per heavy atom. The minimum Gasteiger partial charge on any atom is -0.311 e. The Hall–Kier alpha value is -1.45. The largest absolute Gasteiger partial charge is 0.311 e. The van der Waals surface area contributed by atoms with E-state index in [9.17, 15) is 0 Å². The van der Waals surface area contributed by atoms with Crippen LogP contribution in [-0.2, 0) is 13.0 Å². The van der Waals surface area contributed by atoms with E-state index in [0.717, 1.165) is 41.6 Å². The Kier molecular flexibility index (Phi) is 2.79. The predicted octanol–water partition coefficient (Wildman–Crippen LogP) is 2.44. The van der Waals surface area contributed by atoms with Crippen LogP contribution in [0.1, 0.15) is 11.3 Å². The van der Waals surface area contributed by atoms with Crippen LogP contribution in [0.15, 0.2) is 30.5 Å². The van der Waals surface area contributed by atoms with Gasteiger partial charge in [0.2, 0.25) is 0 Å². The molecular formula is C13H12ClN3. The third kappa shape index (κ3) is 2.16. The molecule has 4 heteroatoms. The molecule has 3 nitrogen and oxygen atoms in total. The quantitative estimate of drug-likeness (QED) is 0.839. The summed E-state index contributed by atoms with van der Waals surface area (Å²) in [5, 5.41) is 4.05. The Morgan fingerprint density at radius 3 is 2.82 bits per heavy atom. The number of halogens is 1. The number of hydrogen-bond acceptors (Lipinski definition) is 3. The molecule has 86 valence electrons. The van der Waals surface area contributed by atoms with Gasteiger partial charge in [-0.05, 0) is 42.8 Å². The first-order valence-electron chi connectivity index (χ1n) is 5.64. The Labute approximate surface area is 105 Å². The third-order valence-electron chi connectivity index (χ3n) is 2.92. The van der Waals surface area contributed by atoms with Gasteiger partial charge in [-0.15, -0.1) is 0 Å². The summed E-state index contributed by atoms with van der Waals surface area (Å²) in [6.07, 6.45) is 2.95. The van der Waals surface area contributed by atoms with E-state index in [4.69, 9.17) is 11.6 Å². The van der Waals surface area contributed by atoms with Crippen LogP contribution in [0.3, 0.4) is 0 Å². The summed E-state index contributed by atoms with van der Waals surface area (Å²) < 4.78 is 0. The van der Waals surface area contributed by atoms with Gasteiger partial charge in [0.15, 0.2) is 5.82 Å². The van der Waals surface area contributed by atoms with E-state index in [1.54, 1.807) is 0 Å². The smallest absolute Gasteiger partial charge is 0.159 e. The highest BCUT2D eigenvalue weighted by Gasteiger charge is 2.12. The van der Waals surface area contributed by atoms with Gasteiger partial charge in [-0.3, -0.25) is 0 Å². The highest BCUT2D eigenvalue weighted by Crippen LogP contribution is 2.20. The molecule has 2 aromatic rings. The fraction of sp³-hybridized carbons (Fsp3) is 0.231. The first-order valence-corrected chi connectivity index (χ1v) is 6.02. The van der Waals surface area contributed by atoms with Gasteiger partial charge in [0.05, 0.1) is 5.69 Å². The molecule has 0 atom stereocenters. The summed E-state index contributed by atoms with van der Waals surface area (Å²) in [5.41, 5.74) is 3.36. The molecule has 0 bridgehead atoms. The fourth-order valence-corrected chi connectivity index (χ4v) is 2.10. The predicted molar refractivity (Wildman–Crippen MR) is 67.9 cm³/mol. The zero-order valence-electron chi connectivity index (χ0n) is 9.28. The average Bonchev–Trinajstić information content (AvgIpc) is 2.39. The lowest BCUT2D eigenvalue weighted by Crippen LogP contribution is -2.25. The van der Waals surface area contributed by atoms with Gasteiger partial charge in [0.1, 0.15) is 0 Å². The maximum Gasteiger partial charge on any atom is 0.159 e. The van der Waals surface area contributed by atoms with E-state index < -0.39 is 0 Å². The minimum atomic E-state index is 0.730. The molecule has 17 heavy (non-hydrogen) atoms. The van der Waals surface area contributed by atoms with Gasteiger partial charge in [-0.2, -0.15) is 0 Å². The Balaban J connectivity index is 2.01. The summed E-state index contributed by atoms with van der Waals surface area (Å²) in [6, 6.07) is 7.61. The summed E-state index contributed by atoms with van der Waals surface area (Å²) in [4.78, 5) is 9.01. The molecule has 3 rings (SSSR count). The molecule has 1 aliphatic rings. The fourth-order valence-electron chi connectivity index (χ4n) is 1.97. The highest BCUT2D eigenvalue weighted by molar-refractivity contribution is 6.30. The number of hydrogen-bond donors (Lipinski definition) is 1. The van der Waals surface area contributed by atoms with Crippen molar-refractivity contribution in [1.82, 2.24) is 15.3 Å². The SMILES string of the molecule is Clc1ccc(-c2ncc3c(n2)CNCC3)cc1. The van der Waals surface area contributed by atoms with E-state index >= 15 is 0 Å². The van der Waals surface area contributed by atoms with Crippen molar-refractivity contribution in [2.24, 2.45) is 0 Å². The first-order chi connectivity index (χ1) is 8.33. The lowest BCUT2D eigenvalue weighted by atomic mass is 10.1. The van der Waals surface area contributed by atoms with Crippen molar-refractivity contribution >= 4 is 11.6 Å². The molecule has 0 saturated heterocycles. The molecule has 0 fully saturated rings. The van der Waals surface area contributed by atoms with Crippen LogP contribution in [-0.4, -0.2) is 16.5 Å². The maximum absolute atomic E-state index is 5.86. The summed E-state index contributed by atoms with van der Waals surface area (Å²) in [6.45, 7) is 1.84. The molecule has 0 radical (unpaired) electrons. The van der Waals surface area contributed by atoms with Crippen molar-refractivity contribution in [2.45, 2.75) is 13.0 Å². The number of benzene rings is 1. The number of fused-ring (bicyclic) bond motifs is 1. The van der Waals surface area contributed by atoms with E-state index in [-0.39, 0.29) is 0 Å². The Bertz CT molecular complexity index is 537. The first kappa shape index (κ1) is 10.7. The zero-order chi connectivity index (χ0) is 11.7. The van der Waals surface area contributed by atoms with Gasteiger partial charge in [-0.25, -0.2) is 9.97 Å². The van der Waals surface area contributed by atoms with Gasteiger partial charge in [-0.1, -0.05) is 11.6 Å². The van der Waals surface area contributed by atoms with Crippen LogP contribution >= 0.6 is 11.6 Å². The van der Waals surface area contributed by atoms with Crippen LogP contribution in [0.2, 0.25) is 5.02 Å². The van der Waals surface area contributed by atoms with Crippen molar-refractivity contribution in [1.29, 1.82) is 0 Å². The van der Waals surface area contributed by atoms with Crippen LogP contribution < -0.4 is 5.32 Å². The maximum atomic E-state index is 5.86. The second kappa shape index (κ2) is 4.43. The minimum absolute atomic E-state index is 0.730. The lowest BCUT2D eigenvalue weighted by molar-refractivity contribution is 0.624. The topological polar surface area (TPSA) is 37.8 Å². The van der Waals surface area contributed by atoms with Gasteiger partial charge in [0, 0.05) is 23.3 Å². The molecule has 0 aliphatic carbocycles. The van der Waals surface area contributed by atoms with E-state index in [1.807, 2.05) is 30.5 Å². The number of nitrogens with one attached hydrogen (secondary N) is 1. The summed E-state index contributed by atoms with van der Waals surface area (Å²) in [7, 11) is 0. The molecule has 1 aliphatic heterocycles. The molecule has 1 N–H and O–H groups in total. The molecule has 0 unspecified atom stereocenters. The number of nitrogens with zero attached hydrogens (tertiary/aromatic N) is 2. The number of rotatable bonds is 1. The van der Waals surface area contributed by atoms with Crippen LogP contribution in [0.25, 0.3) is 11.4 Å². The number of aromatic nitrogens is 2. The molecule has 1 aromatic heterocycles. The van der Waals surface area contributed by atoms with Crippen LogP contribution in [0.5, 0.6) is 0 Å². The van der Waals surface area contributed by atoms with Gasteiger partial charge < -0.3 is 5.32 Å². The van der Waals surface area contributed by atoms with E-state index in [2.05, 4.69) is 15.3 Å². The van der Waals surface area contributed by atoms with E-state index in [0.29, 0.717) is 0 Å². The summed E-state index contributed by atoms with van der Waals surface area (Å²) in [5.74, 6) is 0.768.